The van der Waals surface area contributed by atoms with Gasteiger partial charge in [-0.1, -0.05) is 42.1 Å². The van der Waals surface area contributed by atoms with E-state index in [9.17, 15) is 14.0 Å². The average molecular weight is 437 g/mol. The number of thioether (sulfide) groups is 1. The van der Waals surface area contributed by atoms with Gasteiger partial charge in [0, 0.05) is 30.4 Å². The second-order valence-electron chi connectivity index (χ2n) is 7.33. The largest absolute Gasteiger partial charge is 0.486 e. The van der Waals surface area contributed by atoms with Crippen LogP contribution in [-0.2, 0) is 4.79 Å². The van der Waals surface area contributed by atoms with Gasteiger partial charge in [-0.25, -0.2) is 4.39 Å². The summed E-state index contributed by atoms with van der Waals surface area (Å²) in [4.78, 5) is 29.7. The number of benzene rings is 2. The van der Waals surface area contributed by atoms with Gasteiger partial charge in [0.2, 0.25) is 5.91 Å². The van der Waals surface area contributed by atoms with E-state index in [4.69, 9.17) is 4.74 Å². The molecule has 0 bridgehead atoms. The van der Waals surface area contributed by atoms with Gasteiger partial charge < -0.3 is 4.74 Å². The van der Waals surface area contributed by atoms with Crippen LogP contribution in [0.5, 0.6) is 5.75 Å². The molecule has 0 saturated carbocycles. The van der Waals surface area contributed by atoms with Gasteiger partial charge in [-0.05, 0) is 48.4 Å². The third kappa shape index (κ3) is 4.94. The van der Waals surface area contributed by atoms with Gasteiger partial charge in [0.15, 0.2) is 0 Å². The zero-order valence-electron chi connectivity index (χ0n) is 16.9. The van der Waals surface area contributed by atoms with Gasteiger partial charge in [0.05, 0.1) is 5.75 Å². The minimum absolute atomic E-state index is 0.174. The molecule has 2 unspecified atom stereocenters. The van der Waals surface area contributed by atoms with Crippen molar-refractivity contribution < 1.29 is 18.7 Å². The van der Waals surface area contributed by atoms with Crippen LogP contribution in [0.25, 0.3) is 11.1 Å². The molecule has 1 aromatic heterocycles. The predicted molar refractivity (Wildman–Crippen MR) is 118 cm³/mol. The first kappa shape index (κ1) is 21.1. The summed E-state index contributed by atoms with van der Waals surface area (Å²) >= 11 is 1.03. The van der Waals surface area contributed by atoms with Crippen molar-refractivity contribution in [3.05, 3.63) is 84.4 Å². The van der Waals surface area contributed by atoms with E-state index in [0.717, 1.165) is 28.5 Å². The monoisotopic (exact) mass is 436 g/mol. The fraction of sp³-hybridized carbons (Fsp3) is 0.208. The van der Waals surface area contributed by atoms with E-state index in [1.54, 1.807) is 18.5 Å². The molecule has 0 spiro atoms. The van der Waals surface area contributed by atoms with Crippen LogP contribution in [0.4, 0.5) is 9.18 Å². The van der Waals surface area contributed by atoms with Gasteiger partial charge >= 0.3 is 0 Å². The maximum Gasteiger partial charge on any atom is 0.289 e. The Hall–Kier alpha value is -3.19. The molecule has 2 heterocycles. The van der Waals surface area contributed by atoms with Gasteiger partial charge in [0.25, 0.3) is 5.24 Å². The molecular weight excluding hydrogens is 415 g/mol. The molecule has 3 aromatic rings. The van der Waals surface area contributed by atoms with E-state index in [-0.39, 0.29) is 28.8 Å². The fourth-order valence-electron chi connectivity index (χ4n) is 3.58. The highest BCUT2D eigenvalue weighted by Gasteiger charge is 2.35. The van der Waals surface area contributed by atoms with E-state index < -0.39 is 6.10 Å². The van der Waals surface area contributed by atoms with E-state index in [1.807, 2.05) is 49.4 Å². The Balaban J connectivity index is 1.54. The van der Waals surface area contributed by atoms with Crippen LogP contribution in [0.2, 0.25) is 0 Å². The van der Waals surface area contributed by atoms with Gasteiger partial charge in [-0.15, -0.1) is 0 Å². The lowest BCUT2D eigenvalue weighted by Crippen LogP contribution is -2.38. The zero-order chi connectivity index (χ0) is 21.8. The summed E-state index contributed by atoms with van der Waals surface area (Å²) in [7, 11) is 0. The van der Waals surface area contributed by atoms with Gasteiger partial charge in [0.1, 0.15) is 17.7 Å². The van der Waals surface area contributed by atoms with Crippen molar-refractivity contribution in [2.75, 3.05) is 5.75 Å². The molecule has 158 valence electrons. The highest BCUT2D eigenvalue weighted by atomic mass is 32.2. The number of imide groups is 1. The molecule has 2 aromatic carbocycles. The Kier molecular flexibility index (Phi) is 6.32. The van der Waals surface area contributed by atoms with Crippen molar-refractivity contribution in [1.29, 1.82) is 0 Å². The number of halogens is 1. The fourth-order valence-corrected chi connectivity index (χ4v) is 4.39. The van der Waals surface area contributed by atoms with Gasteiger partial charge in [-0.3, -0.25) is 19.5 Å². The molecule has 1 saturated heterocycles. The maximum atomic E-state index is 13.5. The van der Waals surface area contributed by atoms with Gasteiger partial charge in [-0.2, -0.15) is 0 Å². The molecular formula is C24H21FN2O3S. The lowest BCUT2D eigenvalue weighted by molar-refractivity contribution is -0.126. The van der Waals surface area contributed by atoms with Crippen LogP contribution in [-0.4, -0.2) is 32.8 Å². The standard InChI is InChI=1S/C24H21FN2O3S/c1-16(27-23(28)15-31-24(27)29)12-22(19-5-3-11-26-14-19)30-21-9-7-17(8-10-21)18-4-2-6-20(25)13-18/h2-11,13-14,16,22H,12,15H2,1H3. The number of hydrogen-bond acceptors (Lipinski definition) is 5. The molecule has 0 N–H and O–H groups in total. The lowest BCUT2D eigenvalue weighted by atomic mass is 10.0. The molecule has 1 fully saturated rings. The second kappa shape index (κ2) is 9.31. The van der Waals surface area contributed by atoms with Crippen molar-refractivity contribution in [3.8, 4) is 16.9 Å². The SMILES string of the molecule is CC(CC(Oc1ccc(-c2cccc(F)c2)cc1)c1cccnc1)N1C(=O)CSC1=O. The number of pyridine rings is 1. The number of nitrogens with zero attached hydrogens (tertiary/aromatic N) is 2. The topological polar surface area (TPSA) is 59.5 Å². The molecule has 0 aliphatic carbocycles. The summed E-state index contributed by atoms with van der Waals surface area (Å²) in [6.07, 6.45) is 3.45. The van der Waals surface area contributed by atoms with Crippen molar-refractivity contribution >= 4 is 22.9 Å². The molecule has 7 heteroatoms. The molecule has 4 rings (SSSR count). The maximum absolute atomic E-state index is 13.5. The number of carbonyl (C=O) groups excluding carboxylic acids is 2. The summed E-state index contributed by atoms with van der Waals surface area (Å²) in [5, 5.41) is -0.220. The van der Waals surface area contributed by atoms with Crippen LogP contribution in [0.1, 0.15) is 25.0 Å². The van der Waals surface area contributed by atoms with Crippen LogP contribution in [0.15, 0.2) is 73.1 Å². The molecule has 2 atom stereocenters. The molecule has 1 aliphatic rings. The molecule has 5 nitrogen and oxygen atoms in total. The van der Waals surface area contributed by atoms with Crippen LogP contribution < -0.4 is 4.74 Å². The molecule has 1 aliphatic heterocycles. The van der Waals surface area contributed by atoms with Crippen LogP contribution in [0, 0.1) is 5.82 Å². The first-order chi connectivity index (χ1) is 15.0. The number of hydrogen-bond donors (Lipinski definition) is 0. The smallest absolute Gasteiger partial charge is 0.289 e. The number of carbonyl (C=O) groups is 2. The van der Waals surface area contributed by atoms with E-state index >= 15 is 0 Å². The van der Waals surface area contributed by atoms with Crippen molar-refractivity contribution in [2.24, 2.45) is 0 Å². The van der Waals surface area contributed by atoms with Crippen molar-refractivity contribution in [3.63, 3.8) is 0 Å². The lowest BCUT2D eigenvalue weighted by Gasteiger charge is -2.27. The number of amides is 2. The average Bonchev–Trinajstić information content (AvgIpc) is 3.12. The third-order valence-corrected chi connectivity index (χ3v) is 5.96. The summed E-state index contributed by atoms with van der Waals surface area (Å²) in [5.74, 6) is 0.359. The highest BCUT2D eigenvalue weighted by molar-refractivity contribution is 8.14. The quantitative estimate of drug-likeness (QED) is 0.491. The zero-order valence-corrected chi connectivity index (χ0v) is 17.7. The van der Waals surface area contributed by atoms with Crippen molar-refractivity contribution in [2.45, 2.75) is 25.5 Å². The van der Waals surface area contributed by atoms with Crippen molar-refractivity contribution in [1.82, 2.24) is 9.88 Å². The summed E-state index contributed by atoms with van der Waals surface area (Å²) in [5.41, 5.74) is 2.52. The normalized spacial score (nSPS) is 15.7. The minimum Gasteiger partial charge on any atom is -0.486 e. The molecule has 0 radical (unpaired) electrons. The van der Waals surface area contributed by atoms with E-state index in [1.165, 1.54) is 17.0 Å². The van der Waals surface area contributed by atoms with E-state index in [0.29, 0.717) is 12.2 Å². The minimum atomic E-state index is -0.394. The molecule has 31 heavy (non-hydrogen) atoms. The van der Waals surface area contributed by atoms with Crippen LogP contribution in [0.3, 0.4) is 0 Å². The van der Waals surface area contributed by atoms with Crippen LogP contribution >= 0.6 is 11.8 Å². The predicted octanol–water partition coefficient (Wildman–Crippen LogP) is 5.48. The summed E-state index contributed by atoms with van der Waals surface area (Å²) < 4.78 is 19.8. The second-order valence-corrected chi connectivity index (χ2v) is 8.26. The summed E-state index contributed by atoms with van der Waals surface area (Å²) in [6, 6.07) is 17.2. The Morgan fingerprint density at radius 2 is 1.90 bits per heavy atom. The third-order valence-electron chi connectivity index (χ3n) is 5.13. The summed E-state index contributed by atoms with van der Waals surface area (Å²) in [6.45, 7) is 1.85. The highest BCUT2D eigenvalue weighted by Crippen LogP contribution is 2.31. The molecule has 2 amide bonds. The number of rotatable bonds is 7. The number of ether oxygens (including phenoxy) is 1. The first-order valence-corrected chi connectivity index (χ1v) is 10.9. The number of aromatic nitrogens is 1. The Morgan fingerprint density at radius 3 is 2.55 bits per heavy atom. The first-order valence-electron chi connectivity index (χ1n) is 9.92. The Bertz CT molecular complexity index is 1060. The Labute approximate surface area is 184 Å². The Morgan fingerprint density at radius 1 is 1.10 bits per heavy atom. The van der Waals surface area contributed by atoms with E-state index in [2.05, 4.69) is 4.98 Å².